The van der Waals surface area contributed by atoms with Crippen molar-refractivity contribution in [3.05, 3.63) is 59.7 Å². The highest BCUT2D eigenvalue weighted by molar-refractivity contribution is 6.04. The van der Waals surface area contributed by atoms with Gasteiger partial charge in [-0.2, -0.15) is 0 Å². The minimum atomic E-state index is -0.232. The van der Waals surface area contributed by atoms with E-state index < -0.39 is 0 Å². The molecule has 1 N–H and O–H groups in total. The van der Waals surface area contributed by atoms with E-state index in [1.807, 2.05) is 11.8 Å². The van der Waals surface area contributed by atoms with E-state index in [1.165, 1.54) is 0 Å². The van der Waals surface area contributed by atoms with Crippen LogP contribution in [0.5, 0.6) is 5.75 Å². The molecule has 136 valence electrons. The number of amides is 2. The first-order chi connectivity index (χ1) is 12.6. The van der Waals surface area contributed by atoms with Crippen LogP contribution >= 0.6 is 0 Å². The second-order valence-corrected chi connectivity index (χ2v) is 6.19. The van der Waals surface area contributed by atoms with Crippen LogP contribution in [0.3, 0.4) is 0 Å². The molecule has 0 saturated carbocycles. The standard InChI is InChI=1S/C20H22N2O4/c1-14-13-26-11-10-22(14)20(24)15-6-8-17(9-7-15)21-19(23)16-4-3-5-18(12-16)25-2/h3-9,12,14H,10-11,13H2,1-2H3,(H,21,23). The van der Waals surface area contributed by atoms with Gasteiger partial charge < -0.3 is 19.7 Å². The molecule has 1 heterocycles. The van der Waals surface area contributed by atoms with E-state index in [-0.39, 0.29) is 17.9 Å². The smallest absolute Gasteiger partial charge is 0.255 e. The van der Waals surface area contributed by atoms with Crippen molar-refractivity contribution in [1.29, 1.82) is 0 Å². The first-order valence-electron chi connectivity index (χ1n) is 8.52. The van der Waals surface area contributed by atoms with Gasteiger partial charge in [-0.1, -0.05) is 6.07 Å². The van der Waals surface area contributed by atoms with Crippen LogP contribution in [0.1, 0.15) is 27.6 Å². The van der Waals surface area contributed by atoms with Gasteiger partial charge >= 0.3 is 0 Å². The number of methoxy groups -OCH3 is 1. The summed E-state index contributed by atoms with van der Waals surface area (Å²) in [5.74, 6) is 0.370. The largest absolute Gasteiger partial charge is 0.497 e. The number of anilines is 1. The molecule has 2 aromatic rings. The Kier molecular flexibility index (Phi) is 5.53. The van der Waals surface area contributed by atoms with Crippen molar-refractivity contribution >= 4 is 17.5 Å². The third-order valence-electron chi connectivity index (χ3n) is 4.35. The third kappa shape index (κ3) is 4.03. The lowest BCUT2D eigenvalue weighted by Gasteiger charge is -2.33. The van der Waals surface area contributed by atoms with Crippen LogP contribution in [-0.4, -0.2) is 49.6 Å². The maximum Gasteiger partial charge on any atom is 0.255 e. The fourth-order valence-electron chi connectivity index (χ4n) is 2.86. The van der Waals surface area contributed by atoms with Crippen LogP contribution in [0.25, 0.3) is 0 Å². The number of hydrogen-bond acceptors (Lipinski definition) is 4. The summed E-state index contributed by atoms with van der Waals surface area (Å²) >= 11 is 0. The maximum absolute atomic E-state index is 12.6. The number of carbonyl (C=O) groups excluding carboxylic acids is 2. The van der Waals surface area contributed by atoms with Crippen LogP contribution in [0.4, 0.5) is 5.69 Å². The van der Waals surface area contributed by atoms with Crippen LogP contribution in [0, 0.1) is 0 Å². The summed E-state index contributed by atoms with van der Waals surface area (Å²) in [6, 6.07) is 13.9. The average Bonchev–Trinajstić information content (AvgIpc) is 2.68. The monoisotopic (exact) mass is 354 g/mol. The second kappa shape index (κ2) is 8.01. The summed E-state index contributed by atoms with van der Waals surface area (Å²) in [7, 11) is 1.56. The zero-order valence-corrected chi connectivity index (χ0v) is 14.9. The molecule has 3 rings (SSSR count). The Morgan fingerprint density at radius 1 is 1.15 bits per heavy atom. The van der Waals surface area contributed by atoms with E-state index in [9.17, 15) is 9.59 Å². The molecule has 1 aliphatic rings. The van der Waals surface area contributed by atoms with Crippen molar-refractivity contribution in [2.75, 3.05) is 32.2 Å². The predicted octanol–water partition coefficient (Wildman–Crippen LogP) is 2.81. The number of hydrogen-bond donors (Lipinski definition) is 1. The van der Waals surface area contributed by atoms with Gasteiger partial charge in [0.1, 0.15) is 5.75 Å². The highest BCUT2D eigenvalue weighted by Gasteiger charge is 2.24. The Labute approximate surface area is 152 Å². The van der Waals surface area contributed by atoms with Crippen molar-refractivity contribution in [3.8, 4) is 5.75 Å². The quantitative estimate of drug-likeness (QED) is 0.917. The molecular weight excluding hydrogens is 332 g/mol. The van der Waals surface area contributed by atoms with Gasteiger partial charge in [0.25, 0.3) is 11.8 Å². The first kappa shape index (κ1) is 17.9. The summed E-state index contributed by atoms with van der Waals surface area (Å²) in [6.07, 6.45) is 0. The molecule has 6 heteroatoms. The van der Waals surface area contributed by atoms with Crippen LogP contribution in [0.15, 0.2) is 48.5 Å². The lowest BCUT2D eigenvalue weighted by atomic mass is 10.1. The SMILES string of the molecule is COc1cccc(C(=O)Nc2ccc(C(=O)N3CCOCC3C)cc2)c1. The summed E-state index contributed by atoms with van der Waals surface area (Å²) in [5.41, 5.74) is 1.73. The van der Waals surface area contributed by atoms with E-state index in [0.717, 1.165) is 0 Å². The molecule has 6 nitrogen and oxygen atoms in total. The molecule has 1 fully saturated rings. The number of morpholine rings is 1. The Hall–Kier alpha value is -2.86. The van der Waals surface area contributed by atoms with E-state index in [1.54, 1.807) is 55.6 Å². The van der Waals surface area contributed by atoms with E-state index in [4.69, 9.17) is 9.47 Å². The Morgan fingerprint density at radius 3 is 2.62 bits per heavy atom. The van der Waals surface area contributed by atoms with E-state index in [0.29, 0.717) is 42.3 Å². The van der Waals surface area contributed by atoms with Crippen molar-refractivity contribution in [2.45, 2.75) is 13.0 Å². The Morgan fingerprint density at radius 2 is 1.92 bits per heavy atom. The molecular formula is C20H22N2O4. The zero-order valence-electron chi connectivity index (χ0n) is 14.9. The number of ether oxygens (including phenoxy) is 2. The highest BCUT2D eigenvalue weighted by atomic mass is 16.5. The van der Waals surface area contributed by atoms with E-state index in [2.05, 4.69) is 5.32 Å². The Bertz CT molecular complexity index is 789. The van der Waals surface area contributed by atoms with E-state index >= 15 is 0 Å². The van der Waals surface area contributed by atoms with Crippen LogP contribution in [-0.2, 0) is 4.74 Å². The highest BCUT2D eigenvalue weighted by Crippen LogP contribution is 2.17. The average molecular weight is 354 g/mol. The van der Waals surface area contributed by atoms with Gasteiger partial charge in [0.2, 0.25) is 0 Å². The third-order valence-corrected chi connectivity index (χ3v) is 4.35. The molecule has 0 spiro atoms. The van der Waals surface area contributed by atoms with Gasteiger partial charge in [0.05, 0.1) is 26.4 Å². The maximum atomic E-state index is 12.6. The molecule has 1 aliphatic heterocycles. The number of rotatable bonds is 4. The topological polar surface area (TPSA) is 67.9 Å². The molecule has 2 amide bonds. The molecule has 0 aliphatic carbocycles. The summed E-state index contributed by atoms with van der Waals surface area (Å²) < 4.78 is 10.5. The van der Waals surface area contributed by atoms with Gasteiger partial charge in [-0.15, -0.1) is 0 Å². The van der Waals surface area contributed by atoms with Gasteiger partial charge in [-0.3, -0.25) is 9.59 Å². The predicted molar refractivity (Wildman–Crippen MR) is 98.7 cm³/mol. The summed E-state index contributed by atoms with van der Waals surface area (Å²) in [5, 5.41) is 2.82. The number of benzene rings is 2. The van der Waals surface area contributed by atoms with Crippen molar-refractivity contribution < 1.29 is 19.1 Å². The van der Waals surface area contributed by atoms with Crippen molar-refractivity contribution in [2.24, 2.45) is 0 Å². The number of nitrogens with one attached hydrogen (secondary N) is 1. The van der Waals surface area contributed by atoms with Crippen LogP contribution in [0.2, 0.25) is 0 Å². The van der Waals surface area contributed by atoms with Gasteiger partial charge in [-0.05, 0) is 49.4 Å². The molecule has 26 heavy (non-hydrogen) atoms. The molecule has 2 aromatic carbocycles. The zero-order chi connectivity index (χ0) is 18.5. The normalized spacial score (nSPS) is 16.8. The number of carbonyl (C=O) groups is 2. The van der Waals surface area contributed by atoms with Crippen molar-refractivity contribution in [3.63, 3.8) is 0 Å². The van der Waals surface area contributed by atoms with Crippen molar-refractivity contribution in [1.82, 2.24) is 4.90 Å². The number of nitrogens with zero attached hydrogens (tertiary/aromatic N) is 1. The molecule has 0 radical (unpaired) electrons. The van der Waals surface area contributed by atoms with Gasteiger partial charge in [0, 0.05) is 23.4 Å². The minimum Gasteiger partial charge on any atom is -0.497 e. The summed E-state index contributed by atoms with van der Waals surface area (Å²) in [6.45, 7) is 3.68. The lowest BCUT2D eigenvalue weighted by molar-refractivity contribution is 0.00359. The molecule has 1 unspecified atom stereocenters. The Balaban J connectivity index is 1.67. The van der Waals surface area contributed by atoms with Gasteiger partial charge in [0.15, 0.2) is 0 Å². The minimum absolute atomic E-state index is 0.0218. The molecule has 0 bridgehead atoms. The second-order valence-electron chi connectivity index (χ2n) is 6.19. The molecule has 1 atom stereocenters. The fraction of sp³-hybridized carbons (Fsp3) is 0.300. The van der Waals surface area contributed by atoms with Gasteiger partial charge in [-0.25, -0.2) is 0 Å². The molecule has 0 aromatic heterocycles. The first-order valence-corrected chi connectivity index (χ1v) is 8.52. The summed E-state index contributed by atoms with van der Waals surface area (Å²) in [4.78, 5) is 26.8. The fourth-order valence-corrected chi connectivity index (χ4v) is 2.86. The lowest BCUT2D eigenvalue weighted by Crippen LogP contribution is -2.47. The van der Waals surface area contributed by atoms with Crippen LogP contribution < -0.4 is 10.1 Å². The molecule has 1 saturated heterocycles.